The molecular formula is C9H10NaO3S+. The van der Waals surface area contributed by atoms with Gasteiger partial charge in [-0.2, -0.15) is 8.42 Å². The van der Waals surface area contributed by atoms with E-state index in [-0.39, 0.29) is 35.3 Å². The van der Waals surface area contributed by atoms with Crippen LogP contribution in [0.25, 0.3) is 0 Å². The van der Waals surface area contributed by atoms with E-state index >= 15 is 0 Å². The minimum Gasteiger partial charge on any atom is -0.382 e. The van der Waals surface area contributed by atoms with Gasteiger partial charge in [-0.05, 0) is 12.1 Å². The van der Waals surface area contributed by atoms with Crippen molar-refractivity contribution in [2.45, 2.75) is 0 Å². The van der Waals surface area contributed by atoms with Gasteiger partial charge in [0.1, 0.15) is 11.5 Å². The molecular weight excluding hydrogens is 211 g/mol. The van der Waals surface area contributed by atoms with Gasteiger partial charge in [0.15, 0.2) is 0 Å². The Kier molecular flexibility index (Phi) is 6.11. The summed E-state index contributed by atoms with van der Waals surface area (Å²) in [5.74, 6) is 0.145. The molecule has 3 nitrogen and oxygen atoms in total. The molecule has 0 fully saturated rings. The molecule has 0 aliphatic rings. The molecule has 0 N–H and O–H groups in total. The third-order valence-electron chi connectivity index (χ3n) is 1.29. The van der Waals surface area contributed by atoms with Gasteiger partial charge in [0, 0.05) is 0 Å². The van der Waals surface area contributed by atoms with Crippen LogP contribution < -0.4 is 33.7 Å². The van der Waals surface area contributed by atoms with E-state index in [1.165, 1.54) is 6.08 Å². The standard InChI is InChI=1S/C9H10O3S.Na/c1-2-8-13(10,11)12-9-6-4-3-5-7-9;/h2-7H,1,8H2;/q;+1. The number of rotatable bonds is 4. The Morgan fingerprint density at radius 1 is 1.29 bits per heavy atom. The van der Waals surface area contributed by atoms with Crippen LogP contribution in [0.4, 0.5) is 0 Å². The molecule has 14 heavy (non-hydrogen) atoms. The van der Waals surface area contributed by atoms with Crippen LogP contribution in [0.5, 0.6) is 5.75 Å². The summed E-state index contributed by atoms with van der Waals surface area (Å²) in [6.07, 6.45) is 1.29. The first-order valence-electron chi connectivity index (χ1n) is 3.72. The van der Waals surface area contributed by atoms with Gasteiger partial charge in [-0.15, -0.1) is 6.58 Å². The summed E-state index contributed by atoms with van der Waals surface area (Å²) < 4.78 is 27.0. The van der Waals surface area contributed by atoms with Crippen molar-refractivity contribution in [1.82, 2.24) is 0 Å². The SMILES string of the molecule is C=CCS(=O)(=O)Oc1ccccc1.[Na+]. The van der Waals surface area contributed by atoms with Crippen molar-refractivity contribution in [3.63, 3.8) is 0 Å². The van der Waals surface area contributed by atoms with Crippen molar-refractivity contribution >= 4 is 10.1 Å². The average Bonchev–Trinajstić information content (AvgIpc) is 2.04. The molecule has 1 rings (SSSR count). The molecule has 0 saturated heterocycles. The van der Waals surface area contributed by atoms with Gasteiger partial charge in [-0.3, -0.25) is 0 Å². The van der Waals surface area contributed by atoms with Crippen LogP contribution in [0.15, 0.2) is 43.0 Å². The Balaban J connectivity index is 0.00000169. The van der Waals surface area contributed by atoms with Gasteiger partial charge in [0.25, 0.3) is 0 Å². The fourth-order valence-corrected chi connectivity index (χ4v) is 1.56. The number of benzene rings is 1. The molecule has 1 aromatic carbocycles. The van der Waals surface area contributed by atoms with E-state index in [0.29, 0.717) is 5.75 Å². The second-order valence-electron chi connectivity index (χ2n) is 2.41. The fourth-order valence-electron chi connectivity index (χ4n) is 0.801. The summed E-state index contributed by atoms with van der Waals surface area (Å²) in [6.45, 7) is 3.33. The van der Waals surface area contributed by atoms with E-state index in [9.17, 15) is 8.42 Å². The number of hydrogen-bond donors (Lipinski definition) is 0. The molecule has 0 amide bonds. The van der Waals surface area contributed by atoms with Crippen molar-refractivity contribution in [2.75, 3.05) is 5.75 Å². The van der Waals surface area contributed by atoms with E-state index in [1.807, 2.05) is 0 Å². The molecule has 0 radical (unpaired) electrons. The second kappa shape index (κ2) is 6.24. The Morgan fingerprint density at radius 3 is 2.36 bits per heavy atom. The van der Waals surface area contributed by atoms with Crippen LogP contribution in [0.1, 0.15) is 0 Å². The van der Waals surface area contributed by atoms with Crippen molar-refractivity contribution < 1.29 is 42.2 Å². The molecule has 70 valence electrons. The van der Waals surface area contributed by atoms with Gasteiger partial charge in [-0.1, -0.05) is 24.3 Å². The Labute approximate surface area is 106 Å². The van der Waals surface area contributed by atoms with Gasteiger partial charge in [0.2, 0.25) is 0 Å². The zero-order valence-corrected chi connectivity index (χ0v) is 10.8. The molecule has 0 saturated carbocycles. The van der Waals surface area contributed by atoms with Crippen LogP contribution in [0.2, 0.25) is 0 Å². The smallest absolute Gasteiger partial charge is 0.382 e. The fraction of sp³-hybridized carbons (Fsp3) is 0.111. The first-order valence-corrected chi connectivity index (χ1v) is 5.30. The molecule has 0 heterocycles. The monoisotopic (exact) mass is 221 g/mol. The quantitative estimate of drug-likeness (QED) is 0.356. The molecule has 0 unspecified atom stereocenters. The second-order valence-corrected chi connectivity index (χ2v) is 4.02. The predicted molar refractivity (Wildman–Crippen MR) is 51.1 cm³/mol. The number of para-hydroxylation sites is 1. The summed E-state index contributed by atoms with van der Waals surface area (Å²) in [6, 6.07) is 8.37. The third kappa shape index (κ3) is 4.81. The van der Waals surface area contributed by atoms with E-state index in [1.54, 1.807) is 30.3 Å². The predicted octanol–water partition coefficient (Wildman–Crippen LogP) is -1.41. The molecule has 5 heteroatoms. The van der Waals surface area contributed by atoms with Crippen molar-refractivity contribution in [1.29, 1.82) is 0 Å². The van der Waals surface area contributed by atoms with Gasteiger partial charge >= 0.3 is 39.7 Å². The summed E-state index contributed by atoms with van der Waals surface area (Å²) in [4.78, 5) is 0. The zero-order valence-electron chi connectivity index (χ0n) is 8.01. The number of hydrogen-bond acceptors (Lipinski definition) is 3. The largest absolute Gasteiger partial charge is 1.00 e. The molecule has 1 aromatic rings. The van der Waals surface area contributed by atoms with E-state index in [2.05, 4.69) is 6.58 Å². The van der Waals surface area contributed by atoms with Gasteiger partial charge < -0.3 is 4.18 Å². The van der Waals surface area contributed by atoms with Crippen molar-refractivity contribution in [2.24, 2.45) is 0 Å². The van der Waals surface area contributed by atoms with Crippen molar-refractivity contribution in [3.05, 3.63) is 43.0 Å². The molecule has 0 atom stereocenters. The minimum absolute atomic E-state index is 0. The first-order chi connectivity index (χ1) is 6.14. The molecule has 0 aliphatic heterocycles. The Bertz CT molecular complexity index is 372. The molecule has 0 aromatic heterocycles. The van der Waals surface area contributed by atoms with E-state index in [4.69, 9.17) is 4.18 Å². The van der Waals surface area contributed by atoms with Gasteiger partial charge in [0.05, 0.1) is 0 Å². The average molecular weight is 221 g/mol. The Morgan fingerprint density at radius 2 is 1.86 bits per heavy atom. The maximum absolute atomic E-state index is 11.1. The van der Waals surface area contributed by atoms with Crippen LogP contribution in [0.3, 0.4) is 0 Å². The van der Waals surface area contributed by atoms with E-state index in [0.717, 1.165) is 0 Å². The normalized spacial score (nSPS) is 10.0. The maximum Gasteiger partial charge on any atom is 1.00 e. The minimum atomic E-state index is -3.50. The summed E-state index contributed by atoms with van der Waals surface area (Å²) in [5, 5.41) is 0. The van der Waals surface area contributed by atoms with Crippen molar-refractivity contribution in [3.8, 4) is 5.75 Å². The van der Waals surface area contributed by atoms with Crippen LogP contribution >= 0.6 is 0 Å². The Hall–Kier alpha value is -0.290. The summed E-state index contributed by atoms with van der Waals surface area (Å²) >= 11 is 0. The molecule has 0 aliphatic carbocycles. The third-order valence-corrected chi connectivity index (χ3v) is 2.38. The van der Waals surface area contributed by atoms with E-state index < -0.39 is 10.1 Å². The van der Waals surface area contributed by atoms with Crippen LogP contribution in [0, 0.1) is 0 Å². The van der Waals surface area contributed by atoms with Gasteiger partial charge in [-0.25, -0.2) is 0 Å². The molecule has 0 bridgehead atoms. The van der Waals surface area contributed by atoms with Crippen LogP contribution in [-0.4, -0.2) is 14.2 Å². The summed E-state index contributed by atoms with van der Waals surface area (Å²) in [7, 11) is -3.50. The summed E-state index contributed by atoms with van der Waals surface area (Å²) in [5.41, 5.74) is 0. The maximum atomic E-state index is 11.1. The molecule has 0 spiro atoms. The first kappa shape index (κ1) is 13.7. The van der Waals surface area contributed by atoms with Crippen LogP contribution in [-0.2, 0) is 10.1 Å². The zero-order chi connectivity index (χ0) is 9.73. The topological polar surface area (TPSA) is 43.4 Å².